The first-order valence-electron chi connectivity index (χ1n) is 6.85. The second-order valence-electron chi connectivity index (χ2n) is 5.19. The molecule has 2 nitrogen and oxygen atoms in total. The molecule has 0 aliphatic rings. The Morgan fingerprint density at radius 1 is 1.32 bits per heavy atom. The van der Waals surface area contributed by atoms with Gasteiger partial charge in [-0.1, -0.05) is 22.0 Å². The van der Waals surface area contributed by atoms with Crippen molar-refractivity contribution in [2.75, 3.05) is 20.1 Å². The standard InChI is InChI=1S/C15H24BrFN2/c1-12(2)19(3)9-5-4-8-18-11-13-6-7-14(17)10-15(13)16/h6-7,10,12,18H,4-5,8-9,11H2,1-3H3. The average molecular weight is 331 g/mol. The van der Waals surface area contributed by atoms with Gasteiger partial charge in [0, 0.05) is 17.1 Å². The Morgan fingerprint density at radius 2 is 2.05 bits per heavy atom. The van der Waals surface area contributed by atoms with Gasteiger partial charge in [0.1, 0.15) is 5.82 Å². The number of halogens is 2. The van der Waals surface area contributed by atoms with Crippen molar-refractivity contribution in [3.8, 4) is 0 Å². The zero-order valence-corrected chi connectivity index (χ0v) is 13.6. The van der Waals surface area contributed by atoms with E-state index < -0.39 is 0 Å². The molecule has 1 rings (SSSR count). The summed E-state index contributed by atoms with van der Waals surface area (Å²) >= 11 is 3.38. The Labute approximate surface area is 124 Å². The molecule has 0 atom stereocenters. The van der Waals surface area contributed by atoms with Gasteiger partial charge >= 0.3 is 0 Å². The maximum atomic E-state index is 12.9. The molecule has 0 aliphatic carbocycles. The summed E-state index contributed by atoms with van der Waals surface area (Å²) in [7, 11) is 2.16. The monoisotopic (exact) mass is 330 g/mol. The molecule has 4 heteroatoms. The van der Waals surface area contributed by atoms with Gasteiger partial charge in [-0.2, -0.15) is 0 Å². The molecule has 1 N–H and O–H groups in total. The van der Waals surface area contributed by atoms with Gasteiger partial charge in [0.25, 0.3) is 0 Å². The summed E-state index contributed by atoms with van der Waals surface area (Å²) in [6.45, 7) is 7.34. The Balaban J connectivity index is 2.14. The summed E-state index contributed by atoms with van der Waals surface area (Å²) in [4.78, 5) is 2.36. The fourth-order valence-corrected chi connectivity index (χ4v) is 2.25. The zero-order valence-electron chi connectivity index (χ0n) is 12.0. The van der Waals surface area contributed by atoms with Crippen molar-refractivity contribution in [3.05, 3.63) is 34.1 Å². The third-order valence-electron chi connectivity index (χ3n) is 3.33. The molecular formula is C15H24BrFN2. The third-order valence-corrected chi connectivity index (χ3v) is 4.06. The lowest BCUT2D eigenvalue weighted by atomic mass is 10.2. The molecule has 1 aromatic rings. The molecule has 0 heterocycles. The van der Waals surface area contributed by atoms with Crippen molar-refractivity contribution in [1.29, 1.82) is 0 Å². The molecule has 0 bridgehead atoms. The minimum absolute atomic E-state index is 0.202. The quantitative estimate of drug-likeness (QED) is 0.729. The van der Waals surface area contributed by atoms with E-state index in [1.165, 1.54) is 18.6 Å². The van der Waals surface area contributed by atoms with Gasteiger partial charge in [0.05, 0.1) is 0 Å². The van der Waals surface area contributed by atoms with Gasteiger partial charge < -0.3 is 10.2 Å². The fourth-order valence-electron chi connectivity index (χ4n) is 1.76. The van der Waals surface area contributed by atoms with E-state index in [0.29, 0.717) is 6.04 Å². The second-order valence-corrected chi connectivity index (χ2v) is 6.05. The fraction of sp³-hybridized carbons (Fsp3) is 0.600. The molecular weight excluding hydrogens is 307 g/mol. The molecule has 0 spiro atoms. The number of nitrogens with zero attached hydrogens (tertiary/aromatic N) is 1. The van der Waals surface area contributed by atoms with Gasteiger partial charge in [0.2, 0.25) is 0 Å². The van der Waals surface area contributed by atoms with E-state index in [-0.39, 0.29) is 5.82 Å². The van der Waals surface area contributed by atoms with Crippen molar-refractivity contribution < 1.29 is 4.39 Å². The summed E-state index contributed by atoms with van der Waals surface area (Å²) in [5.74, 6) is -0.202. The SMILES string of the molecule is CC(C)N(C)CCCCNCc1ccc(F)cc1Br. The molecule has 1 aromatic carbocycles. The van der Waals surface area contributed by atoms with Crippen molar-refractivity contribution in [3.63, 3.8) is 0 Å². The molecule has 0 unspecified atom stereocenters. The lowest BCUT2D eigenvalue weighted by Gasteiger charge is -2.20. The Morgan fingerprint density at radius 3 is 2.68 bits per heavy atom. The first-order valence-corrected chi connectivity index (χ1v) is 7.65. The van der Waals surface area contributed by atoms with Gasteiger partial charge in [-0.3, -0.25) is 0 Å². The largest absolute Gasteiger partial charge is 0.313 e. The highest BCUT2D eigenvalue weighted by molar-refractivity contribution is 9.10. The smallest absolute Gasteiger partial charge is 0.124 e. The van der Waals surface area contributed by atoms with Crippen molar-refractivity contribution >= 4 is 15.9 Å². The van der Waals surface area contributed by atoms with Crippen LogP contribution >= 0.6 is 15.9 Å². The number of unbranched alkanes of at least 4 members (excludes halogenated alkanes) is 1. The lowest BCUT2D eigenvalue weighted by molar-refractivity contribution is 0.268. The molecule has 0 aliphatic heterocycles. The number of rotatable bonds is 8. The topological polar surface area (TPSA) is 15.3 Å². The number of benzene rings is 1. The van der Waals surface area contributed by atoms with Crippen molar-refractivity contribution in [2.24, 2.45) is 0 Å². The van der Waals surface area contributed by atoms with E-state index in [4.69, 9.17) is 0 Å². The van der Waals surface area contributed by atoms with Crippen LogP contribution in [-0.4, -0.2) is 31.1 Å². The van der Waals surface area contributed by atoms with Crippen LogP contribution in [0.1, 0.15) is 32.3 Å². The van der Waals surface area contributed by atoms with E-state index in [0.717, 1.165) is 36.1 Å². The lowest BCUT2D eigenvalue weighted by Crippen LogP contribution is -2.27. The van der Waals surface area contributed by atoms with E-state index in [9.17, 15) is 4.39 Å². The minimum atomic E-state index is -0.202. The van der Waals surface area contributed by atoms with Crippen LogP contribution in [0.15, 0.2) is 22.7 Å². The average Bonchev–Trinajstić information content (AvgIpc) is 2.35. The maximum absolute atomic E-state index is 12.9. The summed E-state index contributed by atoms with van der Waals surface area (Å²) in [5, 5.41) is 3.39. The summed E-state index contributed by atoms with van der Waals surface area (Å²) in [6.07, 6.45) is 2.36. The van der Waals surface area contributed by atoms with E-state index in [1.807, 2.05) is 6.07 Å². The molecule has 0 radical (unpaired) electrons. The van der Waals surface area contributed by atoms with Crippen LogP contribution in [0.5, 0.6) is 0 Å². The molecule has 0 saturated heterocycles. The first-order chi connectivity index (χ1) is 9.00. The molecule has 0 amide bonds. The van der Waals surface area contributed by atoms with Crippen molar-refractivity contribution in [2.45, 2.75) is 39.3 Å². The van der Waals surface area contributed by atoms with Crippen molar-refractivity contribution in [1.82, 2.24) is 10.2 Å². The molecule has 0 aromatic heterocycles. The third kappa shape index (κ3) is 6.50. The first kappa shape index (κ1) is 16.6. The summed E-state index contributed by atoms with van der Waals surface area (Å²) < 4.78 is 13.8. The zero-order chi connectivity index (χ0) is 14.3. The van der Waals surface area contributed by atoms with Crippen LogP contribution in [0.2, 0.25) is 0 Å². The highest BCUT2D eigenvalue weighted by Gasteiger charge is 2.03. The van der Waals surface area contributed by atoms with Crippen LogP contribution in [0.4, 0.5) is 4.39 Å². The molecule has 19 heavy (non-hydrogen) atoms. The van der Waals surface area contributed by atoms with E-state index >= 15 is 0 Å². The van der Waals surface area contributed by atoms with Crippen LogP contribution in [0.3, 0.4) is 0 Å². The summed E-state index contributed by atoms with van der Waals surface area (Å²) in [6, 6.07) is 5.44. The van der Waals surface area contributed by atoms with Gasteiger partial charge in [-0.15, -0.1) is 0 Å². The molecule has 108 valence electrons. The number of hydrogen-bond donors (Lipinski definition) is 1. The van der Waals surface area contributed by atoms with Crippen LogP contribution in [0.25, 0.3) is 0 Å². The van der Waals surface area contributed by atoms with Crippen LogP contribution < -0.4 is 5.32 Å². The predicted molar refractivity (Wildman–Crippen MR) is 82.8 cm³/mol. The van der Waals surface area contributed by atoms with Gasteiger partial charge in [0.15, 0.2) is 0 Å². The number of hydrogen-bond acceptors (Lipinski definition) is 2. The Hall–Kier alpha value is -0.450. The van der Waals surface area contributed by atoms with Crippen LogP contribution in [-0.2, 0) is 6.54 Å². The Kier molecular flexibility index (Phi) is 7.57. The van der Waals surface area contributed by atoms with E-state index in [1.54, 1.807) is 0 Å². The Bertz CT molecular complexity index is 382. The maximum Gasteiger partial charge on any atom is 0.124 e. The van der Waals surface area contributed by atoms with Crippen LogP contribution in [0, 0.1) is 5.82 Å². The van der Waals surface area contributed by atoms with E-state index in [2.05, 4.69) is 47.0 Å². The second kappa shape index (κ2) is 8.67. The van der Waals surface area contributed by atoms with Gasteiger partial charge in [-0.05, 0) is 64.5 Å². The molecule has 0 saturated carbocycles. The minimum Gasteiger partial charge on any atom is -0.313 e. The number of nitrogens with one attached hydrogen (secondary N) is 1. The normalized spacial score (nSPS) is 11.5. The van der Waals surface area contributed by atoms with Gasteiger partial charge in [-0.25, -0.2) is 4.39 Å². The highest BCUT2D eigenvalue weighted by atomic mass is 79.9. The predicted octanol–water partition coefficient (Wildman–Crippen LogP) is 3.80. The molecule has 0 fully saturated rings. The summed E-state index contributed by atoms with van der Waals surface area (Å²) in [5.41, 5.74) is 1.10. The highest BCUT2D eigenvalue weighted by Crippen LogP contribution is 2.17.